The summed E-state index contributed by atoms with van der Waals surface area (Å²) in [7, 11) is 0. The van der Waals surface area contributed by atoms with E-state index in [1.165, 1.54) is 28.0 Å². The van der Waals surface area contributed by atoms with Crippen molar-refractivity contribution >= 4 is 33.5 Å². The molecule has 1 aromatic carbocycles. The van der Waals surface area contributed by atoms with Gasteiger partial charge in [-0.15, -0.1) is 0 Å². The van der Waals surface area contributed by atoms with Gasteiger partial charge in [-0.25, -0.2) is 4.79 Å². The molecule has 130 valence electrons. The lowest BCUT2D eigenvalue weighted by atomic mass is 10.0. The predicted molar refractivity (Wildman–Crippen MR) is 98.8 cm³/mol. The van der Waals surface area contributed by atoms with Gasteiger partial charge in [-0.1, -0.05) is 12.1 Å². The third kappa shape index (κ3) is 3.98. The smallest absolute Gasteiger partial charge is 0.407 e. The highest BCUT2D eigenvalue weighted by atomic mass is 32.1. The largest absolute Gasteiger partial charge is 0.444 e. The van der Waals surface area contributed by atoms with Gasteiger partial charge < -0.3 is 15.0 Å². The molecule has 1 N–H and O–H groups in total. The molecule has 5 nitrogen and oxygen atoms in total. The fourth-order valence-corrected chi connectivity index (χ4v) is 3.87. The molecule has 1 saturated heterocycles. The summed E-state index contributed by atoms with van der Waals surface area (Å²) in [6.45, 7) is 7.19. The molecule has 0 unspecified atom stereocenters. The number of rotatable bonds is 3. The second-order valence-electron chi connectivity index (χ2n) is 7.23. The minimum Gasteiger partial charge on any atom is -0.444 e. The highest BCUT2D eigenvalue weighted by molar-refractivity contribution is 7.13. The quantitative estimate of drug-likeness (QED) is 0.905. The summed E-state index contributed by atoms with van der Waals surface area (Å²) in [6, 6.07) is 8.59. The normalized spacial score (nSPS) is 18.6. The van der Waals surface area contributed by atoms with Gasteiger partial charge in [0.2, 0.25) is 0 Å². The first-order chi connectivity index (χ1) is 11.4. The van der Waals surface area contributed by atoms with Crippen LogP contribution < -0.4 is 10.2 Å². The van der Waals surface area contributed by atoms with Crippen LogP contribution in [0.4, 0.5) is 10.6 Å². The lowest BCUT2D eigenvalue weighted by molar-refractivity contribution is 0.0523. The Morgan fingerprint density at radius 3 is 2.96 bits per heavy atom. The second-order valence-corrected chi connectivity index (χ2v) is 8.03. The number of carbonyl (C=O) groups excluding carboxylic acids is 1. The molecule has 3 rings (SSSR count). The van der Waals surface area contributed by atoms with Gasteiger partial charge in [0, 0.05) is 24.5 Å². The van der Waals surface area contributed by atoms with Crippen molar-refractivity contribution in [1.82, 2.24) is 9.69 Å². The van der Waals surface area contributed by atoms with Crippen LogP contribution in [0, 0.1) is 0 Å². The van der Waals surface area contributed by atoms with E-state index in [4.69, 9.17) is 4.74 Å². The molecule has 1 amide bonds. The summed E-state index contributed by atoms with van der Waals surface area (Å²) in [5, 5.41) is 4.12. The maximum atomic E-state index is 11.9. The van der Waals surface area contributed by atoms with Crippen LogP contribution in [-0.4, -0.2) is 35.2 Å². The molecule has 0 saturated carbocycles. The van der Waals surface area contributed by atoms with Crippen LogP contribution in [0.25, 0.3) is 10.1 Å². The van der Waals surface area contributed by atoms with Crippen LogP contribution in [0.2, 0.25) is 0 Å². The number of piperidine rings is 1. The molecule has 2 heterocycles. The number of anilines is 1. The third-order valence-electron chi connectivity index (χ3n) is 4.14. The molecule has 1 fully saturated rings. The molecule has 0 spiro atoms. The van der Waals surface area contributed by atoms with Gasteiger partial charge in [-0.2, -0.15) is 4.37 Å². The van der Waals surface area contributed by atoms with Crippen LogP contribution in [0.15, 0.2) is 24.3 Å². The second kappa shape index (κ2) is 6.97. The standard InChI is InChI=1S/C18H25N3O2S/c1-18(2,3)23-17(22)19-12-13-8-6-7-11-21(13)16-14-9-4-5-10-15(14)24-20-16/h4-5,9-10,13H,6-8,11-12H2,1-3H3,(H,19,22)/t13-/m1/s1. The zero-order chi connectivity index (χ0) is 17.2. The average molecular weight is 347 g/mol. The van der Waals surface area contributed by atoms with E-state index < -0.39 is 5.60 Å². The van der Waals surface area contributed by atoms with Crippen molar-refractivity contribution in [1.29, 1.82) is 0 Å². The van der Waals surface area contributed by atoms with Crippen molar-refractivity contribution in [2.75, 3.05) is 18.0 Å². The minimum absolute atomic E-state index is 0.261. The summed E-state index contributed by atoms with van der Waals surface area (Å²) in [4.78, 5) is 14.3. The number of nitrogens with one attached hydrogen (secondary N) is 1. The number of benzene rings is 1. The van der Waals surface area contributed by atoms with Crippen molar-refractivity contribution in [3.8, 4) is 0 Å². The van der Waals surface area contributed by atoms with Crippen molar-refractivity contribution < 1.29 is 9.53 Å². The van der Waals surface area contributed by atoms with E-state index in [0.29, 0.717) is 6.54 Å². The summed E-state index contributed by atoms with van der Waals surface area (Å²) in [5.74, 6) is 1.05. The van der Waals surface area contributed by atoms with Gasteiger partial charge in [0.1, 0.15) is 11.4 Å². The maximum Gasteiger partial charge on any atom is 0.407 e. The number of hydrogen-bond acceptors (Lipinski definition) is 5. The summed E-state index contributed by atoms with van der Waals surface area (Å²) < 4.78 is 11.2. The molecule has 1 aliphatic rings. The van der Waals surface area contributed by atoms with Gasteiger partial charge in [0.05, 0.1) is 4.70 Å². The number of alkyl carbamates (subject to hydrolysis) is 1. The first kappa shape index (κ1) is 17.0. The van der Waals surface area contributed by atoms with E-state index in [2.05, 4.69) is 32.8 Å². The van der Waals surface area contributed by atoms with E-state index in [9.17, 15) is 4.79 Å². The molecule has 1 atom stereocenters. The van der Waals surface area contributed by atoms with Crippen molar-refractivity contribution in [3.63, 3.8) is 0 Å². The Bertz CT molecular complexity index is 708. The lowest BCUT2D eigenvalue weighted by Crippen LogP contribution is -2.47. The Balaban J connectivity index is 1.71. The van der Waals surface area contributed by atoms with E-state index in [0.717, 1.165) is 25.2 Å². The highest BCUT2D eigenvalue weighted by Gasteiger charge is 2.27. The predicted octanol–water partition coefficient (Wildman–Crippen LogP) is 4.18. The van der Waals surface area contributed by atoms with Gasteiger partial charge in [-0.05, 0) is 63.7 Å². The summed E-state index contributed by atoms with van der Waals surface area (Å²) >= 11 is 1.54. The first-order valence-electron chi connectivity index (χ1n) is 8.52. The number of fused-ring (bicyclic) bond motifs is 1. The fraction of sp³-hybridized carbons (Fsp3) is 0.556. The summed E-state index contributed by atoms with van der Waals surface area (Å²) in [6.07, 6.45) is 3.05. The molecule has 24 heavy (non-hydrogen) atoms. The van der Waals surface area contributed by atoms with Crippen molar-refractivity contribution in [3.05, 3.63) is 24.3 Å². The van der Waals surface area contributed by atoms with Crippen LogP contribution in [-0.2, 0) is 4.74 Å². The molecule has 2 aromatic rings. The topological polar surface area (TPSA) is 54.5 Å². The zero-order valence-electron chi connectivity index (χ0n) is 14.5. The molecule has 0 aliphatic carbocycles. The third-order valence-corrected chi connectivity index (χ3v) is 4.96. The Morgan fingerprint density at radius 2 is 2.17 bits per heavy atom. The van der Waals surface area contributed by atoms with Crippen LogP contribution in [0.1, 0.15) is 40.0 Å². The Morgan fingerprint density at radius 1 is 1.38 bits per heavy atom. The van der Waals surface area contributed by atoms with Gasteiger partial charge in [-0.3, -0.25) is 0 Å². The Hall–Kier alpha value is -1.82. The maximum absolute atomic E-state index is 11.9. The van der Waals surface area contributed by atoms with E-state index in [1.54, 1.807) is 0 Å². The van der Waals surface area contributed by atoms with Gasteiger partial charge in [0.25, 0.3) is 0 Å². The SMILES string of the molecule is CC(C)(C)OC(=O)NC[C@H]1CCCCN1c1nsc2ccccc12. The Kier molecular flexibility index (Phi) is 4.94. The Labute approximate surface area is 147 Å². The zero-order valence-corrected chi connectivity index (χ0v) is 15.4. The number of carbonyl (C=O) groups is 1. The monoisotopic (exact) mass is 347 g/mol. The molecule has 1 aromatic heterocycles. The fourth-order valence-electron chi connectivity index (χ4n) is 3.09. The van der Waals surface area contributed by atoms with Crippen LogP contribution in [0.5, 0.6) is 0 Å². The average Bonchev–Trinajstić information content (AvgIpc) is 2.95. The molecule has 6 heteroatoms. The molecule has 0 radical (unpaired) electrons. The number of ether oxygens (including phenoxy) is 1. The van der Waals surface area contributed by atoms with E-state index >= 15 is 0 Å². The number of hydrogen-bond donors (Lipinski definition) is 1. The van der Waals surface area contributed by atoms with Crippen molar-refractivity contribution in [2.24, 2.45) is 0 Å². The van der Waals surface area contributed by atoms with Crippen LogP contribution in [0.3, 0.4) is 0 Å². The molecule has 0 bridgehead atoms. The molecular weight excluding hydrogens is 322 g/mol. The summed E-state index contributed by atoms with van der Waals surface area (Å²) in [5.41, 5.74) is -0.471. The number of aromatic nitrogens is 1. The highest BCUT2D eigenvalue weighted by Crippen LogP contribution is 2.33. The van der Waals surface area contributed by atoms with E-state index in [1.807, 2.05) is 26.8 Å². The lowest BCUT2D eigenvalue weighted by Gasteiger charge is -2.36. The first-order valence-corrected chi connectivity index (χ1v) is 9.29. The van der Waals surface area contributed by atoms with Crippen molar-refractivity contribution in [2.45, 2.75) is 51.7 Å². The van der Waals surface area contributed by atoms with Crippen LogP contribution >= 0.6 is 11.5 Å². The number of amides is 1. The minimum atomic E-state index is -0.471. The number of nitrogens with zero attached hydrogens (tertiary/aromatic N) is 2. The molecule has 1 aliphatic heterocycles. The van der Waals surface area contributed by atoms with Gasteiger partial charge >= 0.3 is 6.09 Å². The van der Waals surface area contributed by atoms with Gasteiger partial charge in [0.15, 0.2) is 0 Å². The van der Waals surface area contributed by atoms with E-state index in [-0.39, 0.29) is 12.1 Å². The molecular formula is C18H25N3O2S.